The molecule has 26 heavy (non-hydrogen) atoms. The van der Waals surface area contributed by atoms with Crippen molar-refractivity contribution in [2.24, 2.45) is 0 Å². The first-order valence-corrected chi connectivity index (χ1v) is 9.33. The minimum absolute atomic E-state index is 0.0448. The normalized spacial score (nSPS) is 10.6. The Morgan fingerprint density at radius 2 is 1.50 bits per heavy atom. The van der Waals surface area contributed by atoms with Crippen LogP contribution < -0.4 is 5.73 Å². The van der Waals surface area contributed by atoms with Crippen LogP contribution in [0.25, 0.3) is 0 Å². The molecule has 0 spiro atoms. The first-order chi connectivity index (χ1) is 12.6. The number of nitrogens with two attached hydrogens (primary N) is 1. The molecule has 0 heterocycles. The van der Waals surface area contributed by atoms with E-state index in [4.69, 9.17) is 10.8 Å². The van der Waals surface area contributed by atoms with Gasteiger partial charge in [0.25, 0.3) is 0 Å². The third kappa shape index (κ3) is 5.14. The van der Waals surface area contributed by atoms with E-state index in [2.05, 4.69) is 36.4 Å². The molecule has 4 heteroatoms. The van der Waals surface area contributed by atoms with Crippen LogP contribution in [0.3, 0.4) is 0 Å². The first-order valence-electron chi connectivity index (χ1n) is 8.51. The van der Waals surface area contributed by atoms with Gasteiger partial charge in [0.2, 0.25) is 0 Å². The predicted molar refractivity (Wildman–Crippen MR) is 107 cm³/mol. The van der Waals surface area contributed by atoms with Crippen LogP contribution in [0.2, 0.25) is 0 Å². The molecule has 3 aromatic rings. The Balaban J connectivity index is 1.63. The van der Waals surface area contributed by atoms with Gasteiger partial charge >= 0.3 is 5.97 Å². The van der Waals surface area contributed by atoms with Crippen molar-refractivity contribution in [1.82, 2.24) is 0 Å². The Kier molecular flexibility index (Phi) is 5.97. The molecule has 0 aliphatic rings. The zero-order valence-corrected chi connectivity index (χ0v) is 15.2. The van der Waals surface area contributed by atoms with Gasteiger partial charge in [0.05, 0.1) is 6.42 Å². The number of aliphatic carboxylic acids is 1. The smallest absolute Gasteiger partial charge is 0.307 e. The number of aryl methyl sites for hydroxylation is 2. The Labute approximate surface area is 157 Å². The molecule has 0 saturated heterocycles. The molecule has 0 aliphatic carbocycles. The van der Waals surface area contributed by atoms with Crippen LogP contribution in [0.1, 0.15) is 16.7 Å². The van der Waals surface area contributed by atoms with Crippen LogP contribution in [0.15, 0.2) is 82.6 Å². The highest BCUT2D eigenvalue weighted by atomic mass is 32.2. The van der Waals surface area contributed by atoms with Gasteiger partial charge in [-0.15, -0.1) is 0 Å². The molecule has 0 saturated carbocycles. The fourth-order valence-electron chi connectivity index (χ4n) is 2.76. The van der Waals surface area contributed by atoms with Crippen LogP contribution in [0.4, 0.5) is 5.69 Å². The van der Waals surface area contributed by atoms with Crippen molar-refractivity contribution in [2.75, 3.05) is 5.73 Å². The number of nitrogen functional groups attached to an aromatic ring is 1. The van der Waals surface area contributed by atoms with E-state index in [0.717, 1.165) is 33.9 Å². The summed E-state index contributed by atoms with van der Waals surface area (Å²) in [5.74, 6) is -0.819. The van der Waals surface area contributed by atoms with E-state index in [1.807, 2.05) is 36.4 Å². The number of hydrogen-bond donors (Lipinski definition) is 2. The second-order valence-electron chi connectivity index (χ2n) is 6.17. The van der Waals surface area contributed by atoms with Crippen LogP contribution in [0.5, 0.6) is 0 Å². The monoisotopic (exact) mass is 363 g/mol. The highest BCUT2D eigenvalue weighted by molar-refractivity contribution is 7.99. The largest absolute Gasteiger partial charge is 0.481 e. The van der Waals surface area contributed by atoms with Crippen LogP contribution in [-0.4, -0.2) is 11.1 Å². The number of carbonyl (C=O) groups is 1. The molecule has 132 valence electrons. The molecule has 3 rings (SSSR count). The average molecular weight is 363 g/mol. The van der Waals surface area contributed by atoms with E-state index in [1.165, 1.54) is 11.1 Å². The quantitative estimate of drug-likeness (QED) is 0.590. The third-order valence-corrected chi connectivity index (χ3v) is 5.23. The summed E-state index contributed by atoms with van der Waals surface area (Å²) in [5, 5.41) is 8.83. The lowest BCUT2D eigenvalue weighted by molar-refractivity contribution is -0.136. The molecule has 3 nitrogen and oxygen atoms in total. The number of hydrogen-bond acceptors (Lipinski definition) is 3. The lowest BCUT2D eigenvalue weighted by Gasteiger charge is -2.09. The van der Waals surface area contributed by atoms with Crippen molar-refractivity contribution >= 4 is 23.4 Å². The van der Waals surface area contributed by atoms with Crippen LogP contribution in [0, 0.1) is 0 Å². The summed E-state index contributed by atoms with van der Waals surface area (Å²) < 4.78 is 0. The zero-order chi connectivity index (χ0) is 18.4. The molecule has 0 fully saturated rings. The topological polar surface area (TPSA) is 63.3 Å². The van der Waals surface area contributed by atoms with Crippen molar-refractivity contribution in [3.63, 3.8) is 0 Å². The Morgan fingerprint density at radius 1 is 0.846 bits per heavy atom. The Bertz CT molecular complexity index is 876. The second-order valence-corrected chi connectivity index (χ2v) is 7.29. The van der Waals surface area contributed by atoms with Gasteiger partial charge in [-0.1, -0.05) is 60.3 Å². The van der Waals surface area contributed by atoms with E-state index < -0.39 is 5.97 Å². The summed E-state index contributed by atoms with van der Waals surface area (Å²) in [6.07, 6.45) is 2.00. The number of benzene rings is 3. The number of rotatable bonds is 7. The van der Waals surface area contributed by atoms with Crippen molar-refractivity contribution < 1.29 is 9.90 Å². The molecule has 0 aliphatic heterocycles. The summed E-state index contributed by atoms with van der Waals surface area (Å²) in [6, 6.07) is 24.2. The summed E-state index contributed by atoms with van der Waals surface area (Å²) in [4.78, 5) is 12.8. The third-order valence-electron chi connectivity index (χ3n) is 4.13. The van der Waals surface area contributed by atoms with Crippen molar-refractivity contribution in [3.05, 3.63) is 89.5 Å². The van der Waals surface area contributed by atoms with Gasteiger partial charge in [-0.25, -0.2) is 0 Å². The molecule has 0 aromatic heterocycles. The zero-order valence-electron chi connectivity index (χ0n) is 14.4. The number of carboxylic acid groups (broad SMARTS) is 1. The minimum Gasteiger partial charge on any atom is -0.481 e. The fraction of sp³-hybridized carbons (Fsp3) is 0.136. The molecule has 0 bridgehead atoms. The molecular weight excluding hydrogens is 342 g/mol. The molecular formula is C22H21NO2S. The molecule has 0 amide bonds. The van der Waals surface area contributed by atoms with Crippen molar-refractivity contribution in [3.8, 4) is 0 Å². The van der Waals surface area contributed by atoms with Crippen LogP contribution in [-0.2, 0) is 24.1 Å². The fourth-order valence-corrected chi connectivity index (χ4v) is 3.60. The van der Waals surface area contributed by atoms with Crippen molar-refractivity contribution in [1.29, 1.82) is 0 Å². The Morgan fingerprint density at radius 3 is 2.15 bits per heavy atom. The molecule has 3 N–H and O–H groups in total. The van der Waals surface area contributed by atoms with Gasteiger partial charge in [0.15, 0.2) is 0 Å². The summed E-state index contributed by atoms with van der Waals surface area (Å²) >= 11 is 1.59. The highest BCUT2D eigenvalue weighted by Crippen LogP contribution is 2.33. The maximum Gasteiger partial charge on any atom is 0.307 e. The summed E-state index contributed by atoms with van der Waals surface area (Å²) in [7, 11) is 0. The van der Waals surface area contributed by atoms with E-state index >= 15 is 0 Å². The van der Waals surface area contributed by atoms with Gasteiger partial charge in [-0.3, -0.25) is 4.79 Å². The van der Waals surface area contributed by atoms with E-state index in [-0.39, 0.29) is 6.42 Å². The predicted octanol–water partition coefficient (Wildman–Crippen LogP) is 4.83. The molecule has 0 radical (unpaired) electrons. The highest BCUT2D eigenvalue weighted by Gasteiger charge is 2.05. The van der Waals surface area contributed by atoms with Crippen molar-refractivity contribution in [2.45, 2.75) is 29.1 Å². The van der Waals surface area contributed by atoms with Crippen LogP contribution >= 0.6 is 11.8 Å². The van der Waals surface area contributed by atoms with E-state index in [9.17, 15) is 4.79 Å². The standard InChI is InChI=1S/C22H21NO2S/c23-20-14-17(7-6-16-4-2-1-3-5-16)10-13-21(20)26-19-11-8-18(9-12-19)15-22(24)25/h1-5,8-14H,6-7,15,23H2,(H,24,25). The van der Waals surface area contributed by atoms with E-state index in [1.54, 1.807) is 11.8 Å². The van der Waals surface area contributed by atoms with Gasteiger partial charge in [0.1, 0.15) is 0 Å². The summed E-state index contributed by atoms with van der Waals surface area (Å²) in [6.45, 7) is 0. The van der Waals surface area contributed by atoms with Gasteiger partial charge in [0, 0.05) is 15.5 Å². The number of anilines is 1. The Hall–Kier alpha value is -2.72. The second kappa shape index (κ2) is 8.59. The lowest BCUT2D eigenvalue weighted by atomic mass is 10.0. The average Bonchev–Trinajstić information content (AvgIpc) is 2.64. The minimum atomic E-state index is -0.819. The van der Waals surface area contributed by atoms with Gasteiger partial charge in [-0.05, 0) is 53.8 Å². The van der Waals surface area contributed by atoms with Gasteiger partial charge in [-0.2, -0.15) is 0 Å². The number of carboxylic acids is 1. The van der Waals surface area contributed by atoms with Gasteiger partial charge < -0.3 is 10.8 Å². The summed E-state index contributed by atoms with van der Waals surface area (Å²) in [5.41, 5.74) is 10.4. The maximum absolute atomic E-state index is 10.7. The molecule has 0 unspecified atom stereocenters. The maximum atomic E-state index is 10.7. The van der Waals surface area contributed by atoms with E-state index in [0.29, 0.717) is 0 Å². The first kappa shape index (κ1) is 18.1. The molecule has 0 atom stereocenters. The lowest BCUT2D eigenvalue weighted by Crippen LogP contribution is -1.99. The molecule has 3 aromatic carbocycles. The SMILES string of the molecule is Nc1cc(CCc2ccccc2)ccc1Sc1ccc(CC(=O)O)cc1.